The van der Waals surface area contributed by atoms with E-state index >= 15 is 0 Å². The van der Waals surface area contributed by atoms with Gasteiger partial charge in [-0.05, 0) is 42.1 Å². The molecule has 1 aromatic rings. The van der Waals surface area contributed by atoms with Crippen molar-refractivity contribution in [2.45, 2.75) is 26.8 Å². The van der Waals surface area contributed by atoms with Gasteiger partial charge in [-0.3, -0.25) is 4.90 Å². The zero-order valence-electron chi connectivity index (χ0n) is 14.0. The number of benzene rings is 1. The van der Waals surface area contributed by atoms with Gasteiger partial charge in [0.05, 0.1) is 14.2 Å². The summed E-state index contributed by atoms with van der Waals surface area (Å²) in [7, 11) is 5.41. The fourth-order valence-corrected chi connectivity index (χ4v) is 3.22. The van der Waals surface area contributed by atoms with Crippen LogP contribution in [0.4, 0.5) is 0 Å². The number of ether oxygens (including phenoxy) is 2. The molecule has 2 rings (SSSR count). The molecule has 0 saturated heterocycles. The quantitative estimate of drug-likeness (QED) is 0.872. The van der Waals surface area contributed by atoms with Crippen molar-refractivity contribution in [3.05, 3.63) is 23.3 Å². The van der Waals surface area contributed by atoms with Crippen molar-refractivity contribution in [1.29, 1.82) is 0 Å². The number of methoxy groups -OCH3 is 2. The van der Waals surface area contributed by atoms with Gasteiger partial charge in [-0.2, -0.15) is 0 Å². The summed E-state index contributed by atoms with van der Waals surface area (Å²) in [6.07, 6.45) is 1.07. The lowest BCUT2D eigenvalue weighted by atomic mass is 9.90. The van der Waals surface area contributed by atoms with Crippen molar-refractivity contribution < 1.29 is 9.47 Å². The Bertz CT molecular complexity index is 486. The standard InChI is InChI=1S/C17H28N2O2/c1-17(2,11-18-3)12-19-7-6-13-8-15(20-4)16(21-5)9-14(13)10-19/h8-9,18H,6-7,10-12H2,1-5H3. The van der Waals surface area contributed by atoms with Crippen LogP contribution in [0.5, 0.6) is 11.5 Å². The van der Waals surface area contributed by atoms with Crippen LogP contribution in [0.2, 0.25) is 0 Å². The monoisotopic (exact) mass is 292 g/mol. The second kappa shape index (κ2) is 6.67. The molecule has 4 nitrogen and oxygen atoms in total. The van der Waals surface area contributed by atoms with Gasteiger partial charge < -0.3 is 14.8 Å². The van der Waals surface area contributed by atoms with Gasteiger partial charge in [0.1, 0.15) is 0 Å². The molecule has 0 saturated carbocycles. The van der Waals surface area contributed by atoms with E-state index in [9.17, 15) is 0 Å². The Morgan fingerprint density at radius 3 is 2.33 bits per heavy atom. The lowest BCUT2D eigenvalue weighted by Gasteiger charge is -2.36. The predicted octanol–water partition coefficient (Wildman–Crippen LogP) is 2.31. The van der Waals surface area contributed by atoms with E-state index in [0.717, 1.165) is 44.1 Å². The van der Waals surface area contributed by atoms with Crippen LogP contribution < -0.4 is 14.8 Å². The first-order valence-electron chi connectivity index (χ1n) is 7.60. The fraction of sp³-hybridized carbons (Fsp3) is 0.647. The summed E-state index contributed by atoms with van der Waals surface area (Å²) < 4.78 is 10.8. The Balaban J connectivity index is 2.13. The Morgan fingerprint density at radius 2 is 1.76 bits per heavy atom. The number of hydrogen-bond donors (Lipinski definition) is 1. The van der Waals surface area contributed by atoms with Gasteiger partial charge in [0.25, 0.3) is 0 Å². The SMILES string of the molecule is CNCC(C)(C)CN1CCc2cc(OC)c(OC)cc2C1. The van der Waals surface area contributed by atoms with Crippen molar-refractivity contribution >= 4 is 0 Å². The van der Waals surface area contributed by atoms with Gasteiger partial charge in [-0.15, -0.1) is 0 Å². The van der Waals surface area contributed by atoms with Gasteiger partial charge in [0.15, 0.2) is 11.5 Å². The zero-order valence-corrected chi connectivity index (χ0v) is 14.0. The Labute approximate surface area is 128 Å². The van der Waals surface area contributed by atoms with Crippen LogP contribution in [0.25, 0.3) is 0 Å². The number of nitrogens with one attached hydrogen (secondary N) is 1. The first kappa shape index (κ1) is 16.1. The topological polar surface area (TPSA) is 33.7 Å². The molecule has 118 valence electrons. The Morgan fingerprint density at radius 1 is 1.14 bits per heavy atom. The van der Waals surface area contributed by atoms with Gasteiger partial charge in [0.2, 0.25) is 0 Å². The summed E-state index contributed by atoms with van der Waals surface area (Å²) in [5.74, 6) is 1.66. The largest absolute Gasteiger partial charge is 0.493 e. The maximum absolute atomic E-state index is 5.42. The van der Waals surface area contributed by atoms with Crippen LogP contribution in [0.1, 0.15) is 25.0 Å². The van der Waals surface area contributed by atoms with Crippen LogP contribution in [0.3, 0.4) is 0 Å². The Hall–Kier alpha value is -1.26. The maximum atomic E-state index is 5.42. The fourth-order valence-electron chi connectivity index (χ4n) is 3.22. The number of rotatable bonds is 6. The van der Waals surface area contributed by atoms with Crippen molar-refractivity contribution in [2.24, 2.45) is 5.41 Å². The first-order valence-corrected chi connectivity index (χ1v) is 7.60. The molecule has 0 atom stereocenters. The summed E-state index contributed by atoms with van der Waals surface area (Å²) in [6, 6.07) is 4.26. The molecule has 21 heavy (non-hydrogen) atoms. The second-order valence-electron chi connectivity index (χ2n) is 6.63. The molecule has 0 unspecified atom stereocenters. The zero-order chi connectivity index (χ0) is 15.5. The van der Waals surface area contributed by atoms with Crippen molar-refractivity contribution in [2.75, 3.05) is 40.9 Å². The van der Waals surface area contributed by atoms with Crippen LogP contribution in [-0.2, 0) is 13.0 Å². The van der Waals surface area contributed by atoms with E-state index in [1.165, 1.54) is 11.1 Å². The van der Waals surface area contributed by atoms with Gasteiger partial charge in [-0.25, -0.2) is 0 Å². The summed E-state index contributed by atoms with van der Waals surface area (Å²) in [5, 5.41) is 3.29. The van der Waals surface area contributed by atoms with E-state index in [4.69, 9.17) is 9.47 Å². The summed E-state index contributed by atoms with van der Waals surface area (Å²) >= 11 is 0. The van der Waals surface area contributed by atoms with E-state index in [2.05, 4.69) is 36.2 Å². The lowest BCUT2D eigenvalue weighted by Crippen LogP contribution is -2.41. The van der Waals surface area contributed by atoms with Crippen molar-refractivity contribution in [3.63, 3.8) is 0 Å². The highest BCUT2D eigenvalue weighted by molar-refractivity contribution is 5.48. The molecule has 0 radical (unpaired) electrons. The van der Waals surface area contributed by atoms with E-state index in [1.54, 1.807) is 14.2 Å². The summed E-state index contributed by atoms with van der Waals surface area (Å²) in [5.41, 5.74) is 3.03. The van der Waals surface area contributed by atoms with Crippen LogP contribution in [0.15, 0.2) is 12.1 Å². The molecule has 0 amide bonds. The highest BCUT2D eigenvalue weighted by atomic mass is 16.5. The normalized spacial score (nSPS) is 15.7. The molecule has 0 aliphatic carbocycles. The molecule has 1 aliphatic heterocycles. The smallest absolute Gasteiger partial charge is 0.161 e. The van der Waals surface area contributed by atoms with E-state index in [0.29, 0.717) is 0 Å². The molecule has 1 N–H and O–H groups in total. The minimum Gasteiger partial charge on any atom is -0.493 e. The predicted molar refractivity (Wildman–Crippen MR) is 86.2 cm³/mol. The van der Waals surface area contributed by atoms with E-state index < -0.39 is 0 Å². The van der Waals surface area contributed by atoms with Crippen LogP contribution in [-0.4, -0.2) is 45.8 Å². The Kier molecular flexibility index (Phi) is 5.12. The molecule has 0 spiro atoms. The highest BCUT2D eigenvalue weighted by Gasteiger charge is 2.25. The highest BCUT2D eigenvalue weighted by Crippen LogP contribution is 2.33. The summed E-state index contributed by atoms with van der Waals surface area (Å²) in [6.45, 7) is 8.85. The third kappa shape index (κ3) is 3.89. The van der Waals surface area contributed by atoms with E-state index in [1.807, 2.05) is 7.05 Å². The second-order valence-corrected chi connectivity index (χ2v) is 6.63. The van der Waals surface area contributed by atoms with Crippen molar-refractivity contribution in [3.8, 4) is 11.5 Å². The molecular formula is C17H28N2O2. The molecule has 0 bridgehead atoms. The molecular weight excluding hydrogens is 264 g/mol. The molecule has 1 aliphatic rings. The average Bonchev–Trinajstić information content (AvgIpc) is 2.45. The molecule has 1 aromatic carbocycles. The third-order valence-corrected chi connectivity index (χ3v) is 4.10. The third-order valence-electron chi connectivity index (χ3n) is 4.10. The van der Waals surface area contributed by atoms with Crippen LogP contribution >= 0.6 is 0 Å². The van der Waals surface area contributed by atoms with Crippen molar-refractivity contribution in [1.82, 2.24) is 10.2 Å². The molecule has 0 aromatic heterocycles. The van der Waals surface area contributed by atoms with Gasteiger partial charge in [-0.1, -0.05) is 13.8 Å². The number of hydrogen-bond acceptors (Lipinski definition) is 4. The van der Waals surface area contributed by atoms with Gasteiger partial charge in [0, 0.05) is 26.2 Å². The summed E-state index contributed by atoms with van der Waals surface area (Å²) in [4.78, 5) is 2.53. The van der Waals surface area contributed by atoms with E-state index in [-0.39, 0.29) is 5.41 Å². The van der Waals surface area contributed by atoms with Gasteiger partial charge >= 0.3 is 0 Å². The molecule has 0 fully saturated rings. The molecule has 1 heterocycles. The van der Waals surface area contributed by atoms with Crippen LogP contribution in [0, 0.1) is 5.41 Å². The number of fused-ring (bicyclic) bond motifs is 1. The maximum Gasteiger partial charge on any atom is 0.161 e. The molecule has 4 heteroatoms. The number of nitrogens with zero attached hydrogens (tertiary/aromatic N) is 1. The minimum atomic E-state index is 0.281. The average molecular weight is 292 g/mol. The lowest BCUT2D eigenvalue weighted by molar-refractivity contribution is 0.163. The minimum absolute atomic E-state index is 0.281. The first-order chi connectivity index (χ1) is 9.99.